The molecule has 0 unspecified atom stereocenters. The Morgan fingerprint density at radius 2 is 1.97 bits per heavy atom. The molecule has 1 aliphatic heterocycles. The van der Waals surface area contributed by atoms with Crippen LogP contribution < -0.4 is 0 Å². The monoisotopic (exact) mass is 386 g/mol. The summed E-state index contributed by atoms with van der Waals surface area (Å²) in [6.45, 7) is 0. The Balaban J connectivity index is 1.56. The first kappa shape index (κ1) is 16.6. The summed E-state index contributed by atoms with van der Waals surface area (Å²) in [5, 5.41) is 4.26. The fourth-order valence-corrected chi connectivity index (χ4v) is 4.79. The number of fused-ring (bicyclic) bond motifs is 5. The van der Waals surface area contributed by atoms with E-state index in [4.69, 9.17) is 4.98 Å². The lowest BCUT2D eigenvalue weighted by molar-refractivity contribution is 0.530. The number of pyridine rings is 2. The van der Waals surface area contributed by atoms with E-state index in [1.807, 2.05) is 31.7 Å². The molecule has 4 aromatic rings. The SMILES string of the molecule is Cn1cc(-c2cc(-c3c(-c4ccc(F)cn4)nc4n3[C@H]3CC[C@@H]4C3)ccn2)cn1. The number of rotatable bonds is 3. The van der Waals surface area contributed by atoms with Crippen molar-refractivity contribution in [3.63, 3.8) is 0 Å². The minimum Gasteiger partial charge on any atom is -0.324 e. The van der Waals surface area contributed by atoms with Gasteiger partial charge in [-0.3, -0.25) is 14.6 Å². The third-order valence-electron chi connectivity index (χ3n) is 6.08. The lowest BCUT2D eigenvalue weighted by Gasteiger charge is -2.17. The first-order valence-electron chi connectivity index (χ1n) is 9.87. The van der Waals surface area contributed by atoms with Crippen LogP contribution in [0.2, 0.25) is 0 Å². The Hall–Kier alpha value is -3.35. The molecule has 1 fully saturated rings. The van der Waals surface area contributed by atoms with Crippen LogP contribution in [0.4, 0.5) is 4.39 Å². The Morgan fingerprint density at radius 3 is 2.76 bits per heavy atom. The van der Waals surface area contributed by atoms with Crippen molar-refractivity contribution in [3.8, 4) is 33.9 Å². The summed E-state index contributed by atoms with van der Waals surface area (Å²) in [5.74, 6) is 1.30. The van der Waals surface area contributed by atoms with Gasteiger partial charge in [0.15, 0.2) is 0 Å². The van der Waals surface area contributed by atoms with Gasteiger partial charge in [0, 0.05) is 42.5 Å². The largest absolute Gasteiger partial charge is 0.324 e. The van der Waals surface area contributed by atoms with Crippen molar-refractivity contribution in [1.29, 1.82) is 0 Å². The lowest BCUT2D eigenvalue weighted by Crippen LogP contribution is -2.08. The van der Waals surface area contributed by atoms with Gasteiger partial charge in [-0.15, -0.1) is 0 Å². The van der Waals surface area contributed by atoms with Gasteiger partial charge in [-0.1, -0.05) is 0 Å². The topological polar surface area (TPSA) is 61.4 Å². The third-order valence-corrected chi connectivity index (χ3v) is 6.08. The van der Waals surface area contributed by atoms with Crippen LogP contribution in [0.25, 0.3) is 33.9 Å². The quantitative estimate of drug-likeness (QED) is 0.525. The molecule has 7 heteroatoms. The van der Waals surface area contributed by atoms with Crippen molar-refractivity contribution < 1.29 is 4.39 Å². The highest BCUT2D eigenvalue weighted by molar-refractivity contribution is 5.80. The van der Waals surface area contributed by atoms with E-state index in [0.29, 0.717) is 17.7 Å². The van der Waals surface area contributed by atoms with E-state index >= 15 is 0 Å². The Morgan fingerprint density at radius 1 is 1.03 bits per heavy atom. The first-order valence-corrected chi connectivity index (χ1v) is 9.87. The number of nitrogens with zero attached hydrogens (tertiary/aromatic N) is 6. The van der Waals surface area contributed by atoms with E-state index in [1.54, 1.807) is 10.7 Å². The van der Waals surface area contributed by atoms with Crippen LogP contribution in [0.15, 0.2) is 49.1 Å². The van der Waals surface area contributed by atoms with E-state index in [2.05, 4.69) is 25.7 Å². The normalized spacial score (nSPS) is 19.7. The summed E-state index contributed by atoms with van der Waals surface area (Å²) < 4.78 is 17.6. The summed E-state index contributed by atoms with van der Waals surface area (Å²) in [7, 11) is 1.90. The lowest BCUT2D eigenvalue weighted by atomic mass is 10.1. The molecule has 4 aromatic heterocycles. The standard InChI is InChI=1S/C22H19FN6/c1-28-12-15(10-26-28)19-9-13(6-7-24-19)21-20(18-5-3-16(23)11-25-18)27-22-14-2-4-17(8-14)29(21)22/h3,5-7,9-12,14,17H,2,4,8H2,1H3/t14-,17+/m1/s1. The minimum atomic E-state index is -0.343. The highest BCUT2D eigenvalue weighted by atomic mass is 19.1. The van der Waals surface area contributed by atoms with E-state index in [1.165, 1.54) is 25.1 Å². The Kier molecular flexibility index (Phi) is 3.47. The molecule has 1 aliphatic carbocycles. The zero-order valence-corrected chi connectivity index (χ0v) is 16.0. The van der Waals surface area contributed by atoms with Crippen LogP contribution in [0.1, 0.15) is 37.0 Å². The van der Waals surface area contributed by atoms with Crippen molar-refractivity contribution >= 4 is 0 Å². The van der Waals surface area contributed by atoms with Gasteiger partial charge >= 0.3 is 0 Å². The van der Waals surface area contributed by atoms with Gasteiger partial charge in [0.25, 0.3) is 0 Å². The van der Waals surface area contributed by atoms with Gasteiger partial charge in [-0.25, -0.2) is 9.37 Å². The van der Waals surface area contributed by atoms with E-state index in [9.17, 15) is 4.39 Å². The zero-order valence-electron chi connectivity index (χ0n) is 16.0. The number of aryl methyl sites for hydroxylation is 1. The number of aromatic nitrogens is 6. The highest BCUT2D eigenvalue weighted by Crippen LogP contribution is 2.52. The smallest absolute Gasteiger partial charge is 0.141 e. The molecule has 144 valence electrons. The second-order valence-corrected chi connectivity index (χ2v) is 7.90. The molecule has 2 bridgehead atoms. The summed E-state index contributed by atoms with van der Waals surface area (Å²) in [6, 6.07) is 7.73. The van der Waals surface area contributed by atoms with Gasteiger partial charge in [-0.2, -0.15) is 5.10 Å². The van der Waals surface area contributed by atoms with Gasteiger partial charge in [-0.05, 0) is 43.5 Å². The molecule has 1 saturated carbocycles. The van der Waals surface area contributed by atoms with E-state index in [-0.39, 0.29) is 5.82 Å². The zero-order chi connectivity index (χ0) is 19.5. The molecule has 0 spiro atoms. The van der Waals surface area contributed by atoms with Crippen LogP contribution in [-0.4, -0.2) is 29.3 Å². The first-order chi connectivity index (χ1) is 14.2. The third kappa shape index (κ3) is 2.53. The molecule has 0 amide bonds. The molecule has 2 aliphatic rings. The van der Waals surface area contributed by atoms with Gasteiger partial charge in [0.05, 0.1) is 29.5 Å². The molecule has 5 heterocycles. The van der Waals surface area contributed by atoms with Gasteiger partial charge in [0.2, 0.25) is 0 Å². The Labute approximate surface area is 167 Å². The van der Waals surface area contributed by atoms with Crippen LogP contribution in [0.5, 0.6) is 0 Å². The predicted octanol–water partition coefficient (Wildman–Crippen LogP) is 4.37. The number of hydrogen-bond donors (Lipinski definition) is 0. The maximum atomic E-state index is 13.5. The fourth-order valence-electron chi connectivity index (χ4n) is 4.79. The number of hydrogen-bond acceptors (Lipinski definition) is 4. The van der Waals surface area contributed by atoms with Crippen molar-refractivity contribution in [2.75, 3.05) is 0 Å². The van der Waals surface area contributed by atoms with Crippen molar-refractivity contribution in [2.45, 2.75) is 31.2 Å². The molecule has 0 N–H and O–H groups in total. The molecule has 0 saturated heterocycles. The summed E-state index contributed by atoms with van der Waals surface area (Å²) >= 11 is 0. The van der Waals surface area contributed by atoms with Gasteiger partial charge in [0.1, 0.15) is 17.3 Å². The van der Waals surface area contributed by atoms with Crippen molar-refractivity contribution in [3.05, 3.63) is 60.7 Å². The van der Waals surface area contributed by atoms with Crippen molar-refractivity contribution in [2.24, 2.45) is 7.05 Å². The van der Waals surface area contributed by atoms with Crippen molar-refractivity contribution in [1.82, 2.24) is 29.3 Å². The highest BCUT2D eigenvalue weighted by Gasteiger charge is 2.41. The molecular weight excluding hydrogens is 367 g/mol. The molecule has 6 nitrogen and oxygen atoms in total. The summed E-state index contributed by atoms with van der Waals surface area (Å²) in [6.07, 6.45) is 10.4. The van der Waals surface area contributed by atoms with Crippen LogP contribution in [0.3, 0.4) is 0 Å². The summed E-state index contributed by atoms with van der Waals surface area (Å²) in [4.78, 5) is 13.9. The molecule has 6 rings (SSSR count). The number of halogens is 1. The molecule has 0 aromatic carbocycles. The van der Waals surface area contributed by atoms with Crippen LogP contribution in [-0.2, 0) is 7.05 Å². The second kappa shape index (κ2) is 6.07. The van der Waals surface area contributed by atoms with Gasteiger partial charge < -0.3 is 4.57 Å². The molecule has 2 atom stereocenters. The molecule has 0 radical (unpaired) electrons. The Bertz CT molecular complexity index is 1220. The maximum absolute atomic E-state index is 13.5. The fraction of sp³-hybridized carbons (Fsp3) is 0.273. The van der Waals surface area contributed by atoms with E-state index < -0.39 is 0 Å². The average Bonchev–Trinajstić information content (AvgIpc) is 3.50. The average molecular weight is 386 g/mol. The number of imidazole rings is 1. The minimum absolute atomic E-state index is 0.343. The summed E-state index contributed by atoms with van der Waals surface area (Å²) in [5.41, 5.74) is 5.46. The predicted molar refractivity (Wildman–Crippen MR) is 106 cm³/mol. The molecule has 29 heavy (non-hydrogen) atoms. The molecular formula is C22H19FN6. The second-order valence-electron chi connectivity index (χ2n) is 7.90. The van der Waals surface area contributed by atoms with Crippen LogP contribution >= 0.6 is 0 Å². The maximum Gasteiger partial charge on any atom is 0.141 e. The van der Waals surface area contributed by atoms with E-state index in [0.717, 1.165) is 40.5 Å². The van der Waals surface area contributed by atoms with Crippen LogP contribution in [0, 0.1) is 5.82 Å².